The molecule has 0 spiro atoms. The van der Waals surface area contributed by atoms with E-state index in [0.717, 1.165) is 29.2 Å². The SMILES string of the molecule is CN1[C@@H](C(=O)OC(C)(C)C)CC[C@@H]1[C@@H]1CSC(c2ccccc2O)=N1. The molecule has 0 unspecified atom stereocenters. The Hall–Kier alpha value is -1.53. The number of hydrogen-bond acceptors (Lipinski definition) is 6. The molecule has 136 valence electrons. The Labute approximate surface area is 153 Å². The first-order valence-electron chi connectivity index (χ1n) is 8.70. The number of phenols is 1. The van der Waals surface area contributed by atoms with Crippen LogP contribution >= 0.6 is 11.8 Å². The fourth-order valence-corrected chi connectivity index (χ4v) is 4.64. The van der Waals surface area contributed by atoms with Gasteiger partial charge in [0.2, 0.25) is 0 Å². The summed E-state index contributed by atoms with van der Waals surface area (Å²) in [4.78, 5) is 19.4. The van der Waals surface area contributed by atoms with Crippen LogP contribution in [0.1, 0.15) is 39.2 Å². The van der Waals surface area contributed by atoms with Gasteiger partial charge in [-0.05, 0) is 52.8 Å². The molecule has 0 saturated carbocycles. The van der Waals surface area contributed by atoms with Gasteiger partial charge in [-0.15, -0.1) is 11.8 Å². The lowest BCUT2D eigenvalue weighted by molar-refractivity contribution is -0.160. The number of esters is 1. The van der Waals surface area contributed by atoms with E-state index >= 15 is 0 Å². The molecule has 1 fully saturated rings. The van der Waals surface area contributed by atoms with Crippen molar-refractivity contribution >= 4 is 22.8 Å². The maximum Gasteiger partial charge on any atom is 0.323 e. The Morgan fingerprint density at radius 2 is 2.04 bits per heavy atom. The Bertz CT molecular complexity index is 683. The third-order valence-electron chi connectivity index (χ3n) is 4.68. The molecule has 2 aliphatic heterocycles. The van der Waals surface area contributed by atoms with Crippen molar-refractivity contribution in [3.05, 3.63) is 29.8 Å². The number of rotatable bonds is 3. The maximum absolute atomic E-state index is 12.4. The predicted octanol–water partition coefficient (Wildman–Crippen LogP) is 3.06. The molecule has 1 aromatic carbocycles. The molecular formula is C19H26N2O3S. The van der Waals surface area contributed by atoms with Crippen molar-refractivity contribution in [3.63, 3.8) is 0 Å². The number of hydrogen-bond donors (Lipinski definition) is 1. The van der Waals surface area contributed by atoms with Gasteiger partial charge in [0, 0.05) is 17.4 Å². The molecule has 2 heterocycles. The van der Waals surface area contributed by atoms with E-state index < -0.39 is 5.60 Å². The third-order valence-corrected chi connectivity index (χ3v) is 5.79. The van der Waals surface area contributed by atoms with Crippen LogP contribution in [0.25, 0.3) is 0 Å². The van der Waals surface area contributed by atoms with E-state index in [-0.39, 0.29) is 29.8 Å². The highest BCUT2D eigenvalue weighted by atomic mass is 32.2. The fraction of sp³-hybridized carbons (Fsp3) is 0.579. The van der Waals surface area contributed by atoms with Crippen LogP contribution in [0.3, 0.4) is 0 Å². The topological polar surface area (TPSA) is 62.1 Å². The van der Waals surface area contributed by atoms with E-state index in [1.54, 1.807) is 17.8 Å². The first-order valence-corrected chi connectivity index (χ1v) is 9.68. The minimum absolute atomic E-state index is 0.136. The molecule has 0 bridgehead atoms. The Kier molecular flexibility index (Phi) is 5.11. The van der Waals surface area contributed by atoms with Crippen molar-refractivity contribution in [2.24, 2.45) is 4.99 Å². The standard InChI is InChI=1S/C19H26N2O3S/c1-19(2,3)24-18(23)15-10-9-14(21(15)4)13-11-25-17(20-13)12-7-5-6-8-16(12)22/h5-8,13-15,22H,9-11H2,1-4H3/t13-,14+,15+/m0/s1. The van der Waals surface area contributed by atoms with Crippen molar-refractivity contribution in [1.29, 1.82) is 0 Å². The van der Waals surface area contributed by atoms with Crippen molar-refractivity contribution in [1.82, 2.24) is 4.90 Å². The van der Waals surface area contributed by atoms with Gasteiger partial charge < -0.3 is 9.84 Å². The Morgan fingerprint density at radius 3 is 2.72 bits per heavy atom. The molecule has 1 saturated heterocycles. The van der Waals surface area contributed by atoms with E-state index in [2.05, 4.69) is 4.90 Å². The molecular weight excluding hydrogens is 336 g/mol. The predicted molar refractivity (Wildman–Crippen MR) is 101 cm³/mol. The van der Waals surface area contributed by atoms with Gasteiger partial charge in [-0.3, -0.25) is 14.7 Å². The lowest BCUT2D eigenvalue weighted by Gasteiger charge is -2.29. The number of phenolic OH excluding ortho intramolecular Hbond substituents is 1. The van der Waals surface area contributed by atoms with Gasteiger partial charge >= 0.3 is 5.97 Å². The maximum atomic E-state index is 12.4. The number of aliphatic imine (C=N–C) groups is 1. The molecule has 3 rings (SSSR count). The van der Waals surface area contributed by atoms with E-state index in [1.165, 1.54) is 0 Å². The average molecular weight is 362 g/mol. The summed E-state index contributed by atoms with van der Waals surface area (Å²) in [6.07, 6.45) is 1.74. The molecule has 0 radical (unpaired) electrons. The van der Waals surface area contributed by atoms with Gasteiger partial charge in [0.1, 0.15) is 22.4 Å². The lowest BCUT2D eigenvalue weighted by Crippen LogP contribution is -2.44. The molecule has 6 heteroatoms. The number of carbonyl (C=O) groups is 1. The quantitative estimate of drug-likeness (QED) is 0.838. The third kappa shape index (κ3) is 4.01. The normalized spacial score (nSPS) is 27.4. The number of nitrogens with zero attached hydrogens (tertiary/aromatic N) is 2. The van der Waals surface area contributed by atoms with E-state index in [4.69, 9.17) is 9.73 Å². The van der Waals surface area contributed by atoms with Gasteiger partial charge in [-0.2, -0.15) is 0 Å². The van der Waals surface area contributed by atoms with Crippen LogP contribution in [0.15, 0.2) is 29.3 Å². The first-order chi connectivity index (χ1) is 11.8. The van der Waals surface area contributed by atoms with Crippen LogP contribution in [0.5, 0.6) is 5.75 Å². The number of aromatic hydroxyl groups is 1. The molecule has 0 amide bonds. The number of ether oxygens (including phenoxy) is 1. The van der Waals surface area contributed by atoms with Crippen LogP contribution < -0.4 is 0 Å². The van der Waals surface area contributed by atoms with Crippen LogP contribution in [-0.2, 0) is 9.53 Å². The number of likely N-dealkylation sites (tertiary alicyclic amines) is 1. The number of thioether (sulfide) groups is 1. The zero-order valence-corrected chi connectivity index (χ0v) is 16.0. The molecule has 1 N–H and O–H groups in total. The highest BCUT2D eigenvalue weighted by molar-refractivity contribution is 8.14. The lowest BCUT2D eigenvalue weighted by atomic mass is 10.1. The fourth-order valence-electron chi connectivity index (χ4n) is 3.47. The van der Waals surface area contributed by atoms with Crippen molar-refractivity contribution < 1.29 is 14.6 Å². The summed E-state index contributed by atoms with van der Waals surface area (Å²) in [5.74, 6) is 0.994. The molecule has 2 aliphatic rings. The largest absolute Gasteiger partial charge is 0.507 e. The highest BCUT2D eigenvalue weighted by Gasteiger charge is 2.42. The average Bonchev–Trinajstić information content (AvgIpc) is 3.12. The summed E-state index contributed by atoms with van der Waals surface area (Å²) in [6, 6.07) is 7.47. The van der Waals surface area contributed by atoms with E-state index in [0.29, 0.717) is 0 Å². The minimum Gasteiger partial charge on any atom is -0.507 e. The smallest absolute Gasteiger partial charge is 0.323 e. The van der Waals surface area contributed by atoms with Crippen molar-refractivity contribution in [2.75, 3.05) is 12.8 Å². The molecule has 5 nitrogen and oxygen atoms in total. The monoisotopic (exact) mass is 362 g/mol. The molecule has 1 aromatic rings. The van der Waals surface area contributed by atoms with Gasteiger partial charge in [0.15, 0.2) is 0 Å². The number of carbonyl (C=O) groups excluding carboxylic acids is 1. The van der Waals surface area contributed by atoms with E-state index in [1.807, 2.05) is 46.0 Å². The van der Waals surface area contributed by atoms with Crippen molar-refractivity contribution in [3.8, 4) is 5.75 Å². The first kappa shape index (κ1) is 18.3. The van der Waals surface area contributed by atoms with Gasteiger partial charge in [0.25, 0.3) is 0 Å². The van der Waals surface area contributed by atoms with Crippen molar-refractivity contribution in [2.45, 2.75) is 57.3 Å². The zero-order valence-electron chi connectivity index (χ0n) is 15.2. The molecule has 25 heavy (non-hydrogen) atoms. The Balaban J connectivity index is 1.70. The summed E-state index contributed by atoms with van der Waals surface area (Å²) in [5, 5.41) is 10.9. The van der Waals surface area contributed by atoms with E-state index in [9.17, 15) is 9.90 Å². The van der Waals surface area contributed by atoms with Gasteiger partial charge in [-0.25, -0.2) is 0 Å². The summed E-state index contributed by atoms with van der Waals surface area (Å²) in [7, 11) is 1.99. The highest BCUT2D eigenvalue weighted by Crippen LogP contribution is 2.35. The number of benzene rings is 1. The second-order valence-electron chi connectivity index (χ2n) is 7.69. The summed E-state index contributed by atoms with van der Waals surface area (Å²) < 4.78 is 5.55. The summed E-state index contributed by atoms with van der Waals surface area (Å²) in [5.41, 5.74) is 0.328. The summed E-state index contributed by atoms with van der Waals surface area (Å²) in [6.45, 7) is 5.69. The molecule has 3 atom stereocenters. The second kappa shape index (κ2) is 7.00. The van der Waals surface area contributed by atoms with Crippen LogP contribution in [0.2, 0.25) is 0 Å². The molecule has 0 aromatic heterocycles. The van der Waals surface area contributed by atoms with Crippen LogP contribution in [0, 0.1) is 0 Å². The van der Waals surface area contributed by atoms with Gasteiger partial charge in [-0.1, -0.05) is 12.1 Å². The number of likely N-dealkylation sites (N-methyl/N-ethyl adjacent to an activating group) is 1. The number of para-hydroxylation sites is 1. The molecule has 0 aliphatic carbocycles. The second-order valence-corrected chi connectivity index (χ2v) is 8.70. The van der Waals surface area contributed by atoms with Crippen LogP contribution in [-0.4, -0.2) is 57.5 Å². The minimum atomic E-state index is -0.463. The summed E-state index contributed by atoms with van der Waals surface area (Å²) >= 11 is 1.67. The van der Waals surface area contributed by atoms with Crippen LogP contribution in [0.4, 0.5) is 0 Å². The Morgan fingerprint density at radius 1 is 1.32 bits per heavy atom. The van der Waals surface area contributed by atoms with Gasteiger partial charge in [0.05, 0.1) is 6.04 Å². The zero-order chi connectivity index (χ0) is 18.2.